The molecule has 0 saturated carbocycles. The van der Waals surface area contributed by atoms with Crippen molar-refractivity contribution >= 4 is 33.7 Å². The predicted octanol–water partition coefficient (Wildman–Crippen LogP) is 4.83. The summed E-state index contributed by atoms with van der Waals surface area (Å²) in [5, 5.41) is 9.87. The zero-order chi connectivity index (χ0) is 24.4. The number of nitrogens with zero attached hydrogens (tertiary/aromatic N) is 5. The standard InChI is InChI=1S/C28H34N6O/c1-19(2)22-9-10-25-24(17-22)20(3)31-28(32-25)33-15-11-21(12-16-33)27(35)29-13-6-14-34-26-8-5-4-7-23(26)18-30-34/h4-5,7-10,17-19,21H,6,11-16H2,1-3H3,(H,29,35). The molecule has 1 N–H and O–H groups in total. The SMILES string of the molecule is Cc1nc(N2CCC(C(=O)NCCCn3ncc4ccccc43)CC2)nc2ccc(C(C)C)cc12. The molecule has 35 heavy (non-hydrogen) atoms. The summed E-state index contributed by atoms with van der Waals surface area (Å²) < 4.78 is 2.01. The van der Waals surface area contributed by atoms with E-state index in [0.717, 1.165) is 72.3 Å². The van der Waals surface area contributed by atoms with Crippen molar-refractivity contribution in [3.8, 4) is 0 Å². The topological polar surface area (TPSA) is 75.9 Å². The average Bonchev–Trinajstić information content (AvgIpc) is 3.29. The molecular weight excluding hydrogens is 436 g/mol. The zero-order valence-electron chi connectivity index (χ0n) is 20.9. The fourth-order valence-corrected chi connectivity index (χ4v) is 4.91. The van der Waals surface area contributed by atoms with E-state index in [9.17, 15) is 4.79 Å². The number of hydrogen-bond donors (Lipinski definition) is 1. The molecule has 0 aliphatic carbocycles. The molecule has 7 nitrogen and oxygen atoms in total. The third-order valence-electron chi connectivity index (χ3n) is 7.11. The monoisotopic (exact) mass is 470 g/mol. The number of aryl methyl sites for hydroxylation is 2. The Morgan fingerprint density at radius 1 is 1.11 bits per heavy atom. The zero-order valence-corrected chi connectivity index (χ0v) is 20.9. The lowest BCUT2D eigenvalue weighted by molar-refractivity contribution is -0.125. The first kappa shape index (κ1) is 23.3. The van der Waals surface area contributed by atoms with E-state index in [0.29, 0.717) is 12.5 Å². The molecule has 4 aromatic rings. The Morgan fingerprint density at radius 2 is 1.91 bits per heavy atom. The molecule has 5 rings (SSSR count). The highest BCUT2D eigenvalue weighted by Crippen LogP contribution is 2.26. The number of amides is 1. The van der Waals surface area contributed by atoms with Gasteiger partial charge in [-0.25, -0.2) is 9.97 Å². The van der Waals surface area contributed by atoms with E-state index in [1.165, 1.54) is 5.56 Å². The predicted molar refractivity (Wildman–Crippen MR) is 141 cm³/mol. The Balaban J connectivity index is 1.12. The second-order valence-electron chi connectivity index (χ2n) is 9.87. The van der Waals surface area contributed by atoms with E-state index < -0.39 is 0 Å². The molecule has 2 aromatic carbocycles. The molecule has 0 bridgehead atoms. The van der Waals surface area contributed by atoms with Crippen LogP contribution >= 0.6 is 0 Å². The van der Waals surface area contributed by atoms with Crippen LogP contribution in [-0.2, 0) is 11.3 Å². The maximum Gasteiger partial charge on any atom is 0.226 e. The molecule has 1 fully saturated rings. The van der Waals surface area contributed by atoms with Gasteiger partial charge in [-0.15, -0.1) is 0 Å². The lowest BCUT2D eigenvalue weighted by Gasteiger charge is -2.31. The van der Waals surface area contributed by atoms with Gasteiger partial charge in [-0.2, -0.15) is 5.10 Å². The van der Waals surface area contributed by atoms with Crippen molar-refractivity contribution in [1.82, 2.24) is 25.1 Å². The van der Waals surface area contributed by atoms with Crippen LogP contribution in [-0.4, -0.2) is 45.3 Å². The minimum atomic E-state index is 0.0481. The van der Waals surface area contributed by atoms with Crippen LogP contribution in [0.4, 0.5) is 5.95 Å². The third-order valence-corrected chi connectivity index (χ3v) is 7.11. The van der Waals surface area contributed by atoms with E-state index in [4.69, 9.17) is 9.97 Å². The van der Waals surface area contributed by atoms with Gasteiger partial charge in [0.15, 0.2) is 0 Å². The summed E-state index contributed by atoms with van der Waals surface area (Å²) in [6.45, 7) is 9.52. The Morgan fingerprint density at radius 3 is 2.71 bits per heavy atom. The first-order valence-corrected chi connectivity index (χ1v) is 12.7. The van der Waals surface area contributed by atoms with E-state index in [-0.39, 0.29) is 11.8 Å². The Hall–Kier alpha value is -3.48. The highest BCUT2D eigenvalue weighted by molar-refractivity contribution is 5.83. The summed E-state index contributed by atoms with van der Waals surface area (Å²) in [6, 6.07) is 14.7. The number of benzene rings is 2. The molecule has 1 aliphatic rings. The van der Waals surface area contributed by atoms with Crippen molar-refractivity contribution in [2.45, 2.75) is 52.5 Å². The van der Waals surface area contributed by atoms with E-state index in [1.807, 2.05) is 23.0 Å². The van der Waals surface area contributed by atoms with Crippen LogP contribution in [0.5, 0.6) is 0 Å². The summed E-state index contributed by atoms with van der Waals surface area (Å²) >= 11 is 0. The largest absolute Gasteiger partial charge is 0.356 e. The van der Waals surface area contributed by atoms with Gasteiger partial charge in [0.25, 0.3) is 0 Å². The molecular formula is C28H34N6O. The van der Waals surface area contributed by atoms with Gasteiger partial charge in [0, 0.05) is 42.9 Å². The number of fused-ring (bicyclic) bond motifs is 2. The van der Waals surface area contributed by atoms with Gasteiger partial charge in [-0.05, 0) is 55.9 Å². The minimum absolute atomic E-state index is 0.0481. The van der Waals surface area contributed by atoms with Gasteiger partial charge in [0.1, 0.15) is 0 Å². The molecule has 2 aromatic heterocycles. The van der Waals surface area contributed by atoms with Crippen LogP contribution in [0.15, 0.2) is 48.7 Å². The molecule has 0 radical (unpaired) electrons. The lowest BCUT2D eigenvalue weighted by atomic mass is 9.96. The minimum Gasteiger partial charge on any atom is -0.356 e. The fourth-order valence-electron chi connectivity index (χ4n) is 4.91. The van der Waals surface area contributed by atoms with Gasteiger partial charge >= 0.3 is 0 Å². The highest BCUT2D eigenvalue weighted by Gasteiger charge is 2.26. The smallest absolute Gasteiger partial charge is 0.226 e. The summed E-state index contributed by atoms with van der Waals surface area (Å²) in [6.07, 6.45) is 4.40. The maximum absolute atomic E-state index is 12.7. The first-order chi connectivity index (χ1) is 17.0. The van der Waals surface area contributed by atoms with Crippen molar-refractivity contribution in [1.29, 1.82) is 0 Å². The van der Waals surface area contributed by atoms with Crippen molar-refractivity contribution in [2.75, 3.05) is 24.5 Å². The van der Waals surface area contributed by atoms with Crippen molar-refractivity contribution in [2.24, 2.45) is 5.92 Å². The number of anilines is 1. The number of rotatable bonds is 7. The first-order valence-electron chi connectivity index (χ1n) is 12.7. The van der Waals surface area contributed by atoms with Gasteiger partial charge in [-0.3, -0.25) is 9.48 Å². The highest BCUT2D eigenvalue weighted by atomic mass is 16.1. The third kappa shape index (κ3) is 4.99. The summed E-state index contributed by atoms with van der Waals surface area (Å²) in [4.78, 5) is 24.6. The number of hydrogen-bond acceptors (Lipinski definition) is 5. The molecule has 1 amide bonds. The van der Waals surface area contributed by atoms with Crippen LogP contribution in [0.2, 0.25) is 0 Å². The van der Waals surface area contributed by atoms with Crippen molar-refractivity contribution in [3.63, 3.8) is 0 Å². The number of carbonyl (C=O) groups excluding carboxylic acids is 1. The van der Waals surface area contributed by atoms with E-state index in [1.54, 1.807) is 0 Å². The quantitative estimate of drug-likeness (QED) is 0.392. The number of aromatic nitrogens is 4. The molecule has 0 atom stereocenters. The molecule has 3 heterocycles. The average molecular weight is 471 g/mol. The van der Waals surface area contributed by atoms with E-state index in [2.05, 4.69) is 66.4 Å². The maximum atomic E-state index is 12.7. The molecule has 0 unspecified atom stereocenters. The normalized spacial score (nSPS) is 14.8. The Bertz CT molecular complexity index is 1340. The van der Waals surface area contributed by atoms with Gasteiger partial charge in [-0.1, -0.05) is 38.1 Å². The van der Waals surface area contributed by atoms with Gasteiger partial charge in [0.2, 0.25) is 11.9 Å². The van der Waals surface area contributed by atoms with Gasteiger partial charge in [0.05, 0.1) is 22.9 Å². The number of nitrogens with one attached hydrogen (secondary N) is 1. The second kappa shape index (κ2) is 10.0. The lowest BCUT2D eigenvalue weighted by Crippen LogP contribution is -2.41. The summed E-state index contributed by atoms with van der Waals surface area (Å²) in [5.74, 6) is 1.46. The van der Waals surface area contributed by atoms with Crippen LogP contribution in [0.3, 0.4) is 0 Å². The Kier molecular flexibility index (Phi) is 6.66. The van der Waals surface area contributed by atoms with Crippen LogP contribution in [0.1, 0.15) is 50.3 Å². The van der Waals surface area contributed by atoms with Crippen LogP contribution in [0.25, 0.3) is 21.8 Å². The second-order valence-corrected chi connectivity index (χ2v) is 9.87. The summed E-state index contributed by atoms with van der Waals surface area (Å²) in [7, 11) is 0. The molecule has 0 spiro atoms. The molecule has 7 heteroatoms. The molecule has 182 valence electrons. The molecule has 1 saturated heterocycles. The fraction of sp³-hybridized carbons (Fsp3) is 0.429. The Labute approximate surface area is 206 Å². The number of carbonyl (C=O) groups is 1. The number of piperidine rings is 1. The number of para-hydroxylation sites is 1. The van der Waals surface area contributed by atoms with Crippen LogP contribution in [0, 0.1) is 12.8 Å². The van der Waals surface area contributed by atoms with E-state index >= 15 is 0 Å². The summed E-state index contributed by atoms with van der Waals surface area (Å²) in [5.41, 5.74) is 4.44. The van der Waals surface area contributed by atoms with Crippen molar-refractivity contribution < 1.29 is 4.79 Å². The van der Waals surface area contributed by atoms with Crippen molar-refractivity contribution in [3.05, 3.63) is 59.9 Å². The van der Waals surface area contributed by atoms with Crippen LogP contribution < -0.4 is 10.2 Å². The molecule has 1 aliphatic heterocycles. The van der Waals surface area contributed by atoms with Gasteiger partial charge < -0.3 is 10.2 Å².